The monoisotopic (exact) mass is 413 g/mol. The maximum Gasteiger partial charge on any atom is 0.267 e. The summed E-state index contributed by atoms with van der Waals surface area (Å²) >= 11 is 3.07. The summed E-state index contributed by atoms with van der Waals surface area (Å²) in [6.07, 6.45) is 4.53. The number of fused-ring (bicyclic) bond motifs is 3. The molecule has 0 saturated heterocycles. The Balaban J connectivity index is 1.95. The Hall–Kier alpha value is -2.12. The Morgan fingerprint density at radius 2 is 2.07 bits per heavy atom. The summed E-state index contributed by atoms with van der Waals surface area (Å²) < 4.78 is 1.73. The van der Waals surface area contributed by atoms with Crippen LogP contribution < -0.4 is 11.3 Å². The highest BCUT2D eigenvalue weighted by atomic mass is 32.2. The summed E-state index contributed by atoms with van der Waals surface area (Å²) in [5.74, 6) is 0.157. The molecule has 0 spiro atoms. The fourth-order valence-corrected chi connectivity index (χ4v) is 5.96. The Bertz CT molecular complexity index is 1130. The predicted molar refractivity (Wildman–Crippen MR) is 116 cm³/mol. The molecule has 5 nitrogen and oxygen atoms in total. The molecule has 0 aliphatic heterocycles. The topological polar surface area (TPSA) is 78.0 Å². The van der Waals surface area contributed by atoms with Crippen LogP contribution in [0.4, 0.5) is 0 Å². The average molecular weight is 414 g/mol. The van der Waals surface area contributed by atoms with Crippen LogP contribution in [0.15, 0.2) is 28.2 Å². The van der Waals surface area contributed by atoms with Gasteiger partial charge in [-0.25, -0.2) is 4.98 Å². The highest BCUT2D eigenvalue weighted by Gasteiger charge is 2.23. The molecule has 146 valence electrons. The van der Waals surface area contributed by atoms with Crippen LogP contribution in [0.2, 0.25) is 0 Å². The number of thiophene rings is 1. The van der Waals surface area contributed by atoms with Gasteiger partial charge in [0.2, 0.25) is 5.91 Å². The maximum atomic E-state index is 13.7. The van der Waals surface area contributed by atoms with Gasteiger partial charge in [0.15, 0.2) is 5.16 Å². The smallest absolute Gasteiger partial charge is 0.267 e. The second-order valence-electron chi connectivity index (χ2n) is 7.28. The number of aryl methyl sites for hydroxylation is 4. The van der Waals surface area contributed by atoms with Gasteiger partial charge in [0.25, 0.3) is 5.56 Å². The summed E-state index contributed by atoms with van der Waals surface area (Å²) in [5, 5.41) is 1.41. The molecule has 28 heavy (non-hydrogen) atoms. The first-order valence-electron chi connectivity index (χ1n) is 9.51. The number of hydrogen-bond acceptors (Lipinski definition) is 5. The molecule has 0 atom stereocenters. The van der Waals surface area contributed by atoms with Gasteiger partial charge >= 0.3 is 0 Å². The number of nitrogens with zero attached hydrogens (tertiary/aromatic N) is 2. The largest absolute Gasteiger partial charge is 0.370 e. The summed E-state index contributed by atoms with van der Waals surface area (Å²) in [6.45, 7) is 4.03. The fourth-order valence-electron chi connectivity index (χ4n) is 3.70. The van der Waals surface area contributed by atoms with Crippen LogP contribution in [0.25, 0.3) is 15.9 Å². The Morgan fingerprint density at radius 1 is 1.29 bits per heavy atom. The molecular formula is C21H23N3O2S2. The van der Waals surface area contributed by atoms with Gasteiger partial charge in [0.1, 0.15) is 4.83 Å². The molecule has 0 saturated carbocycles. The third-order valence-electron chi connectivity index (χ3n) is 5.14. The van der Waals surface area contributed by atoms with Crippen LogP contribution in [-0.2, 0) is 17.6 Å². The van der Waals surface area contributed by atoms with E-state index in [-0.39, 0.29) is 17.9 Å². The van der Waals surface area contributed by atoms with Gasteiger partial charge in [-0.2, -0.15) is 0 Å². The number of thioether (sulfide) groups is 1. The molecule has 7 heteroatoms. The first kappa shape index (κ1) is 19.2. The molecule has 0 radical (unpaired) electrons. The first-order chi connectivity index (χ1) is 13.5. The van der Waals surface area contributed by atoms with Crippen LogP contribution in [0.3, 0.4) is 0 Å². The minimum absolute atomic E-state index is 0.000301. The van der Waals surface area contributed by atoms with Crippen molar-refractivity contribution in [3.63, 3.8) is 0 Å². The second kappa shape index (κ2) is 7.72. The van der Waals surface area contributed by atoms with E-state index in [9.17, 15) is 9.59 Å². The Kier molecular flexibility index (Phi) is 5.29. The molecule has 3 aromatic rings. The van der Waals surface area contributed by atoms with Crippen LogP contribution in [0.5, 0.6) is 0 Å². The normalized spacial score (nSPS) is 13.6. The van der Waals surface area contributed by atoms with Gasteiger partial charge < -0.3 is 5.73 Å². The van der Waals surface area contributed by atoms with Crippen molar-refractivity contribution in [3.8, 4) is 5.69 Å². The van der Waals surface area contributed by atoms with Gasteiger partial charge in [0, 0.05) is 17.1 Å². The molecular weight excluding hydrogens is 390 g/mol. The lowest BCUT2D eigenvalue weighted by molar-refractivity contribution is -0.117. The van der Waals surface area contributed by atoms with E-state index in [2.05, 4.69) is 0 Å². The number of nitrogens with two attached hydrogens (primary N) is 1. The number of amides is 1. The zero-order valence-electron chi connectivity index (χ0n) is 16.1. The molecule has 2 aromatic heterocycles. The quantitative estimate of drug-likeness (QED) is 0.508. The number of carbonyl (C=O) groups excluding carboxylic acids is 1. The van der Waals surface area contributed by atoms with E-state index in [0.29, 0.717) is 10.9 Å². The average Bonchev–Trinajstić information content (AvgIpc) is 3.02. The van der Waals surface area contributed by atoms with E-state index in [1.807, 2.05) is 32.0 Å². The molecule has 1 aliphatic carbocycles. The minimum atomic E-state index is -0.346. The molecule has 0 unspecified atom stereocenters. The summed E-state index contributed by atoms with van der Waals surface area (Å²) in [5.41, 5.74) is 9.46. The van der Waals surface area contributed by atoms with E-state index in [1.54, 1.807) is 15.9 Å². The fraction of sp³-hybridized carbons (Fsp3) is 0.381. The molecule has 1 aliphatic rings. The Labute approximate surface area is 172 Å². The lowest BCUT2D eigenvalue weighted by Gasteiger charge is -2.15. The highest BCUT2D eigenvalue weighted by molar-refractivity contribution is 7.99. The second-order valence-corrected chi connectivity index (χ2v) is 9.43. The van der Waals surface area contributed by atoms with Gasteiger partial charge in [-0.05, 0) is 62.3 Å². The van der Waals surface area contributed by atoms with E-state index < -0.39 is 0 Å². The molecule has 2 N–H and O–H groups in total. The third kappa shape index (κ3) is 3.49. The number of aromatic nitrogens is 2. The van der Waals surface area contributed by atoms with E-state index in [0.717, 1.165) is 46.3 Å². The van der Waals surface area contributed by atoms with Crippen molar-refractivity contribution < 1.29 is 4.79 Å². The SMILES string of the molecule is Cc1ccc(C)c(-n2c(SCCC(N)=O)nc3sc4c(c3c2=O)CCCC4)c1. The molecule has 0 bridgehead atoms. The van der Waals surface area contributed by atoms with Crippen molar-refractivity contribution in [2.75, 3.05) is 5.75 Å². The number of hydrogen-bond donors (Lipinski definition) is 1. The lowest BCUT2D eigenvalue weighted by Crippen LogP contribution is -2.23. The Morgan fingerprint density at radius 3 is 2.86 bits per heavy atom. The summed E-state index contributed by atoms with van der Waals surface area (Å²) in [4.78, 5) is 31.8. The lowest BCUT2D eigenvalue weighted by atomic mass is 9.97. The molecule has 1 amide bonds. The number of primary amides is 1. The van der Waals surface area contributed by atoms with E-state index in [4.69, 9.17) is 10.7 Å². The minimum Gasteiger partial charge on any atom is -0.370 e. The molecule has 1 aromatic carbocycles. The van der Waals surface area contributed by atoms with Crippen LogP contribution in [0.1, 0.15) is 40.8 Å². The van der Waals surface area contributed by atoms with Gasteiger partial charge in [-0.1, -0.05) is 23.9 Å². The van der Waals surface area contributed by atoms with Crippen LogP contribution in [-0.4, -0.2) is 21.2 Å². The number of rotatable bonds is 5. The van der Waals surface area contributed by atoms with Gasteiger partial charge in [-0.15, -0.1) is 11.3 Å². The van der Waals surface area contributed by atoms with Crippen molar-refractivity contribution >= 4 is 39.2 Å². The third-order valence-corrected chi connectivity index (χ3v) is 7.27. The highest BCUT2D eigenvalue weighted by Crippen LogP contribution is 2.35. The van der Waals surface area contributed by atoms with Crippen molar-refractivity contribution in [2.45, 2.75) is 51.1 Å². The number of benzene rings is 1. The molecule has 4 rings (SSSR count). The molecule has 0 fully saturated rings. The van der Waals surface area contributed by atoms with Gasteiger partial charge in [0.05, 0.1) is 11.1 Å². The van der Waals surface area contributed by atoms with Crippen molar-refractivity contribution in [1.29, 1.82) is 0 Å². The molecule has 2 heterocycles. The number of carbonyl (C=O) groups is 1. The van der Waals surface area contributed by atoms with E-state index in [1.165, 1.54) is 28.6 Å². The summed E-state index contributed by atoms with van der Waals surface area (Å²) in [6, 6.07) is 6.10. The standard InChI is InChI=1S/C21H23N3O2S2/c1-12-7-8-13(2)15(11-12)24-20(26)18-14-5-3-4-6-16(14)28-19(18)23-21(24)27-10-9-17(22)25/h7-8,11H,3-6,9-10H2,1-2H3,(H2,22,25). The van der Waals surface area contributed by atoms with Crippen LogP contribution in [0, 0.1) is 13.8 Å². The van der Waals surface area contributed by atoms with Gasteiger partial charge in [-0.3, -0.25) is 14.2 Å². The van der Waals surface area contributed by atoms with Crippen molar-refractivity contribution in [1.82, 2.24) is 9.55 Å². The zero-order chi connectivity index (χ0) is 19.8. The van der Waals surface area contributed by atoms with Crippen molar-refractivity contribution in [3.05, 3.63) is 50.1 Å². The summed E-state index contributed by atoms with van der Waals surface area (Å²) in [7, 11) is 0. The van der Waals surface area contributed by atoms with Crippen molar-refractivity contribution in [2.24, 2.45) is 5.73 Å². The zero-order valence-corrected chi connectivity index (χ0v) is 17.7. The first-order valence-corrected chi connectivity index (χ1v) is 11.3. The van der Waals surface area contributed by atoms with Crippen LogP contribution >= 0.6 is 23.1 Å². The predicted octanol–water partition coefficient (Wildman–Crippen LogP) is 3.91. The van der Waals surface area contributed by atoms with E-state index >= 15 is 0 Å². The maximum absolute atomic E-state index is 13.7.